The van der Waals surface area contributed by atoms with E-state index in [2.05, 4.69) is 204 Å². The molecule has 0 unspecified atom stereocenters. The average Bonchev–Trinajstić information content (AvgIpc) is 3.86. The number of benzene rings is 8. The van der Waals surface area contributed by atoms with E-state index in [1.54, 1.807) is 0 Å². The van der Waals surface area contributed by atoms with Crippen molar-refractivity contribution < 1.29 is 0 Å². The van der Waals surface area contributed by atoms with Gasteiger partial charge in [0.25, 0.3) is 0 Å². The van der Waals surface area contributed by atoms with Gasteiger partial charge in [-0.2, -0.15) is 0 Å². The molecule has 5 heteroatoms. The molecule has 0 fully saturated rings. The van der Waals surface area contributed by atoms with Crippen molar-refractivity contribution in [3.8, 4) is 45.1 Å². The molecule has 0 N–H and O–H groups in total. The monoisotopic (exact) mass is 744 g/mol. The molecule has 3 aromatic heterocycles. The predicted octanol–water partition coefficient (Wildman–Crippen LogP) is 12.0. The van der Waals surface area contributed by atoms with E-state index in [0.717, 1.165) is 38.9 Å². The summed E-state index contributed by atoms with van der Waals surface area (Å²) in [5.41, 5.74) is 13.8. The second-order valence-corrected chi connectivity index (χ2v) is 20.1. The number of rotatable bonds is 4. The maximum absolute atomic E-state index is 5.55. The summed E-state index contributed by atoms with van der Waals surface area (Å²) in [6.07, 6.45) is 0. The van der Waals surface area contributed by atoms with Crippen molar-refractivity contribution in [2.75, 3.05) is 0 Å². The Balaban J connectivity index is 1.08. The molecule has 11 aromatic rings. The first-order valence-corrected chi connectivity index (χ1v) is 22.7. The summed E-state index contributed by atoms with van der Waals surface area (Å²) in [4.78, 5) is 11.0. The van der Waals surface area contributed by atoms with Gasteiger partial charge in [0.15, 0.2) is 0 Å². The standard InChI is InChI=1S/C52H36N4Si/c1-57(2)47-24-14-11-21-39(47)49-48(57)30-27-42-50(49)51(33-15-5-3-6-16-33)54-52(53-42)56-44-23-13-10-20-38(44)41-32-35(26-29-46(41)56)34-25-28-45-40(31-34)37-19-9-12-22-43(37)55(45)36-17-7-4-8-18-36/h3-32H,1-2H3. The van der Waals surface area contributed by atoms with E-state index in [1.165, 1.54) is 65.2 Å². The molecule has 4 heterocycles. The average molecular weight is 745 g/mol. The second kappa shape index (κ2) is 12.0. The van der Waals surface area contributed by atoms with Crippen molar-refractivity contribution >= 4 is 73.0 Å². The Morgan fingerprint density at radius 3 is 1.68 bits per heavy atom. The molecular weight excluding hydrogens is 709 g/mol. The topological polar surface area (TPSA) is 35.6 Å². The number of fused-ring (bicyclic) bond motifs is 11. The molecule has 4 nitrogen and oxygen atoms in total. The SMILES string of the molecule is C[Si]1(C)c2ccccc2-c2c1ccc1nc(-n3c4ccccc4c4cc(-c5ccc6c(c5)c5ccccc5n6-c5ccccc5)ccc43)nc(-c3ccccc3)c21. The molecule has 0 amide bonds. The molecule has 0 atom stereocenters. The smallest absolute Gasteiger partial charge is 0.235 e. The van der Waals surface area contributed by atoms with Gasteiger partial charge in [0.2, 0.25) is 5.95 Å². The summed E-state index contributed by atoms with van der Waals surface area (Å²) < 4.78 is 4.63. The molecule has 0 aliphatic carbocycles. The fourth-order valence-electron chi connectivity index (χ4n) is 9.69. The van der Waals surface area contributed by atoms with E-state index in [-0.39, 0.29) is 0 Å². The van der Waals surface area contributed by atoms with Gasteiger partial charge in [-0.25, -0.2) is 9.97 Å². The molecule has 8 aromatic carbocycles. The van der Waals surface area contributed by atoms with E-state index in [4.69, 9.17) is 9.97 Å². The molecule has 0 bridgehead atoms. The third-order valence-corrected chi connectivity index (χ3v) is 15.9. The first-order valence-electron chi connectivity index (χ1n) is 19.7. The van der Waals surface area contributed by atoms with Crippen LogP contribution in [0.2, 0.25) is 13.1 Å². The van der Waals surface area contributed by atoms with Crippen molar-refractivity contribution in [1.82, 2.24) is 19.1 Å². The Labute approximate surface area is 331 Å². The largest absolute Gasteiger partial charge is 0.309 e. The first-order chi connectivity index (χ1) is 28.0. The highest BCUT2D eigenvalue weighted by Gasteiger charge is 2.39. The zero-order chi connectivity index (χ0) is 37.8. The molecular formula is C52H36N4Si. The lowest BCUT2D eigenvalue weighted by atomic mass is 9.97. The van der Waals surface area contributed by atoms with Gasteiger partial charge in [-0.3, -0.25) is 4.57 Å². The Morgan fingerprint density at radius 2 is 0.982 bits per heavy atom. The van der Waals surface area contributed by atoms with Gasteiger partial charge in [-0.1, -0.05) is 140 Å². The lowest BCUT2D eigenvalue weighted by Crippen LogP contribution is -2.49. The lowest BCUT2D eigenvalue weighted by Gasteiger charge is -2.19. The van der Waals surface area contributed by atoms with Gasteiger partial charge in [-0.15, -0.1) is 0 Å². The third kappa shape index (κ3) is 4.60. The van der Waals surface area contributed by atoms with Crippen molar-refractivity contribution in [3.63, 3.8) is 0 Å². The quantitative estimate of drug-likeness (QED) is 0.168. The van der Waals surface area contributed by atoms with Crippen LogP contribution in [-0.4, -0.2) is 27.2 Å². The van der Waals surface area contributed by atoms with Crippen molar-refractivity contribution in [3.05, 3.63) is 182 Å². The molecule has 268 valence electrons. The van der Waals surface area contributed by atoms with Gasteiger partial charge >= 0.3 is 0 Å². The number of hydrogen-bond acceptors (Lipinski definition) is 2. The second-order valence-electron chi connectivity index (χ2n) is 15.8. The highest BCUT2D eigenvalue weighted by molar-refractivity contribution is 7.04. The van der Waals surface area contributed by atoms with E-state index < -0.39 is 8.07 Å². The minimum Gasteiger partial charge on any atom is -0.309 e. The Hall–Kier alpha value is -7.08. The number of hydrogen-bond donors (Lipinski definition) is 0. The van der Waals surface area contributed by atoms with Crippen LogP contribution < -0.4 is 10.4 Å². The molecule has 0 spiro atoms. The van der Waals surface area contributed by atoms with Crippen LogP contribution in [0.15, 0.2) is 182 Å². The van der Waals surface area contributed by atoms with Crippen molar-refractivity contribution in [2.24, 2.45) is 0 Å². The van der Waals surface area contributed by atoms with Gasteiger partial charge in [0.05, 0.1) is 33.3 Å². The van der Waals surface area contributed by atoms with Crippen LogP contribution in [0.3, 0.4) is 0 Å². The van der Waals surface area contributed by atoms with Crippen LogP contribution in [-0.2, 0) is 0 Å². The Kier molecular flexibility index (Phi) is 6.75. The summed E-state index contributed by atoms with van der Waals surface area (Å²) in [6, 6.07) is 66.0. The zero-order valence-electron chi connectivity index (χ0n) is 31.6. The molecule has 1 aliphatic rings. The summed E-state index contributed by atoms with van der Waals surface area (Å²) >= 11 is 0. The summed E-state index contributed by atoms with van der Waals surface area (Å²) in [5.74, 6) is 0.679. The van der Waals surface area contributed by atoms with Gasteiger partial charge in [0, 0.05) is 38.2 Å². The minimum absolute atomic E-state index is 0.679. The fraction of sp³-hybridized carbons (Fsp3) is 0.0385. The summed E-state index contributed by atoms with van der Waals surface area (Å²) in [7, 11) is -1.90. The van der Waals surface area contributed by atoms with Crippen molar-refractivity contribution in [2.45, 2.75) is 13.1 Å². The minimum atomic E-state index is -1.90. The van der Waals surface area contributed by atoms with Crippen LogP contribution in [0, 0.1) is 0 Å². The van der Waals surface area contributed by atoms with Crippen LogP contribution in [0.4, 0.5) is 0 Å². The Morgan fingerprint density at radius 1 is 0.421 bits per heavy atom. The Bertz CT molecular complexity index is 3430. The van der Waals surface area contributed by atoms with Gasteiger partial charge in [-0.05, 0) is 87.2 Å². The fourth-order valence-corrected chi connectivity index (χ4v) is 12.8. The molecule has 0 radical (unpaired) electrons. The first kappa shape index (κ1) is 32.2. The molecule has 1 aliphatic heterocycles. The molecule has 12 rings (SSSR count). The van der Waals surface area contributed by atoms with E-state index >= 15 is 0 Å². The number of nitrogens with zero attached hydrogens (tertiary/aromatic N) is 4. The zero-order valence-corrected chi connectivity index (χ0v) is 32.6. The van der Waals surface area contributed by atoms with Crippen LogP contribution in [0.5, 0.6) is 0 Å². The maximum Gasteiger partial charge on any atom is 0.235 e. The maximum atomic E-state index is 5.55. The third-order valence-electron chi connectivity index (χ3n) is 12.3. The van der Waals surface area contributed by atoms with E-state index in [0.29, 0.717) is 5.95 Å². The summed E-state index contributed by atoms with van der Waals surface area (Å²) in [6.45, 7) is 4.93. The van der Waals surface area contributed by atoms with Crippen LogP contribution in [0.25, 0.3) is 99.7 Å². The van der Waals surface area contributed by atoms with E-state index in [1.807, 2.05) is 0 Å². The van der Waals surface area contributed by atoms with Crippen LogP contribution >= 0.6 is 0 Å². The highest BCUT2D eigenvalue weighted by Crippen LogP contribution is 2.41. The molecule has 57 heavy (non-hydrogen) atoms. The molecule has 0 saturated heterocycles. The van der Waals surface area contributed by atoms with Crippen LogP contribution in [0.1, 0.15) is 0 Å². The van der Waals surface area contributed by atoms with E-state index in [9.17, 15) is 0 Å². The lowest BCUT2D eigenvalue weighted by molar-refractivity contribution is 1.01. The summed E-state index contributed by atoms with van der Waals surface area (Å²) in [5, 5.41) is 8.92. The number of aromatic nitrogens is 4. The predicted molar refractivity (Wildman–Crippen MR) is 241 cm³/mol. The normalized spacial score (nSPS) is 13.2. The highest BCUT2D eigenvalue weighted by atomic mass is 28.3. The van der Waals surface area contributed by atoms with Crippen molar-refractivity contribution in [1.29, 1.82) is 0 Å². The number of para-hydroxylation sites is 3. The van der Waals surface area contributed by atoms with Gasteiger partial charge < -0.3 is 4.57 Å². The van der Waals surface area contributed by atoms with Gasteiger partial charge in [0.1, 0.15) is 8.07 Å². The molecule has 0 saturated carbocycles.